The molecule has 0 spiro atoms. The van der Waals surface area contributed by atoms with Crippen molar-refractivity contribution in [1.82, 2.24) is 25.2 Å². The van der Waals surface area contributed by atoms with Crippen LogP contribution in [0, 0.1) is 6.92 Å². The van der Waals surface area contributed by atoms with Crippen LogP contribution in [0.25, 0.3) is 5.69 Å². The van der Waals surface area contributed by atoms with Crippen LogP contribution >= 0.6 is 11.3 Å². The fraction of sp³-hybridized carbons (Fsp3) is 0.167. The number of rotatable bonds is 4. The molecule has 6 nitrogen and oxygen atoms in total. The second-order valence-corrected chi connectivity index (χ2v) is 5.29. The minimum atomic E-state index is 0.741. The molecule has 3 rings (SSSR count). The van der Waals surface area contributed by atoms with Crippen molar-refractivity contribution in [2.45, 2.75) is 13.5 Å². The van der Waals surface area contributed by atoms with Gasteiger partial charge in [-0.3, -0.25) is 0 Å². The Labute approximate surface area is 114 Å². The predicted molar refractivity (Wildman–Crippen MR) is 73.3 cm³/mol. The molecule has 0 saturated carbocycles. The fourth-order valence-electron chi connectivity index (χ4n) is 1.76. The lowest BCUT2D eigenvalue weighted by atomic mass is 10.2. The number of thiazole rings is 1. The maximum absolute atomic E-state index is 4.24. The van der Waals surface area contributed by atoms with Gasteiger partial charge in [-0.1, -0.05) is 12.1 Å². The van der Waals surface area contributed by atoms with Crippen molar-refractivity contribution in [3.63, 3.8) is 0 Å². The van der Waals surface area contributed by atoms with Crippen molar-refractivity contribution in [2.75, 3.05) is 5.32 Å². The molecule has 0 bridgehead atoms. The molecule has 0 unspecified atom stereocenters. The molecule has 0 fully saturated rings. The van der Waals surface area contributed by atoms with Crippen molar-refractivity contribution in [3.8, 4) is 5.69 Å². The number of hydrogen-bond acceptors (Lipinski definition) is 6. The van der Waals surface area contributed by atoms with Crippen LogP contribution < -0.4 is 5.32 Å². The Morgan fingerprint density at radius 2 is 2.21 bits per heavy atom. The van der Waals surface area contributed by atoms with Crippen LogP contribution in [0.4, 0.5) is 5.69 Å². The topological polar surface area (TPSA) is 68.5 Å². The molecular formula is C12H12N6S. The van der Waals surface area contributed by atoms with Gasteiger partial charge in [-0.25, -0.2) is 4.98 Å². The zero-order valence-electron chi connectivity index (χ0n) is 10.3. The molecule has 2 aromatic heterocycles. The van der Waals surface area contributed by atoms with Gasteiger partial charge in [0.15, 0.2) is 0 Å². The van der Waals surface area contributed by atoms with Gasteiger partial charge in [-0.05, 0) is 29.5 Å². The van der Waals surface area contributed by atoms with Crippen LogP contribution in [0.1, 0.15) is 9.88 Å². The Hall–Kier alpha value is -2.28. The Kier molecular flexibility index (Phi) is 3.20. The Morgan fingerprint density at radius 1 is 1.32 bits per heavy atom. The highest BCUT2D eigenvalue weighted by atomic mass is 32.1. The van der Waals surface area contributed by atoms with E-state index in [0.29, 0.717) is 0 Å². The molecule has 3 aromatic rings. The quantitative estimate of drug-likeness (QED) is 0.787. The van der Waals surface area contributed by atoms with Crippen LogP contribution in [0.5, 0.6) is 0 Å². The zero-order valence-corrected chi connectivity index (χ0v) is 11.1. The smallest absolute Gasteiger partial charge is 0.143 e. The maximum atomic E-state index is 4.24. The van der Waals surface area contributed by atoms with Crippen molar-refractivity contribution in [3.05, 3.63) is 46.7 Å². The summed E-state index contributed by atoms with van der Waals surface area (Å²) in [5.41, 5.74) is 1.91. The second kappa shape index (κ2) is 5.15. The number of benzene rings is 1. The molecule has 0 aliphatic heterocycles. The molecule has 2 heterocycles. The molecule has 1 N–H and O–H groups in total. The van der Waals surface area contributed by atoms with Crippen molar-refractivity contribution < 1.29 is 0 Å². The summed E-state index contributed by atoms with van der Waals surface area (Å²) >= 11 is 1.69. The molecule has 0 atom stereocenters. The monoisotopic (exact) mass is 272 g/mol. The van der Waals surface area contributed by atoms with E-state index in [1.54, 1.807) is 22.3 Å². The van der Waals surface area contributed by atoms with Gasteiger partial charge in [-0.15, -0.1) is 16.4 Å². The SMILES string of the molecule is Cc1ncc(CNc2ccccc2-n2cnnn2)s1. The van der Waals surface area contributed by atoms with E-state index in [4.69, 9.17) is 0 Å². The number of aryl methyl sites for hydroxylation is 1. The number of para-hydroxylation sites is 2. The molecule has 0 saturated heterocycles. The Balaban J connectivity index is 1.81. The lowest BCUT2D eigenvalue weighted by molar-refractivity contribution is 0.789. The molecule has 7 heteroatoms. The van der Waals surface area contributed by atoms with E-state index in [9.17, 15) is 0 Å². The first kappa shape index (κ1) is 11.8. The highest BCUT2D eigenvalue weighted by Gasteiger charge is 2.05. The predicted octanol–water partition coefficient (Wildman–Crippen LogP) is 2.04. The summed E-state index contributed by atoms with van der Waals surface area (Å²) in [7, 11) is 0. The first-order valence-electron chi connectivity index (χ1n) is 5.80. The number of aromatic nitrogens is 5. The van der Waals surface area contributed by atoms with Crippen LogP contribution in [-0.4, -0.2) is 25.2 Å². The molecule has 19 heavy (non-hydrogen) atoms. The van der Waals surface area contributed by atoms with Gasteiger partial charge in [0.05, 0.1) is 22.9 Å². The third-order valence-electron chi connectivity index (χ3n) is 2.62. The largest absolute Gasteiger partial charge is 0.378 e. The number of hydrogen-bond donors (Lipinski definition) is 1. The van der Waals surface area contributed by atoms with Crippen LogP contribution in [0.3, 0.4) is 0 Å². The highest BCUT2D eigenvalue weighted by molar-refractivity contribution is 7.11. The van der Waals surface area contributed by atoms with E-state index in [0.717, 1.165) is 22.9 Å². The zero-order chi connectivity index (χ0) is 13.1. The minimum absolute atomic E-state index is 0.741. The van der Waals surface area contributed by atoms with Gasteiger partial charge in [0, 0.05) is 11.1 Å². The van der Waals surface area contributed by atoms with Gasteiger partial charge < -0.3 is 5.32 Å². The first-order valence-corrected chi connectivity index (χ1v) is 6.62. The molecule has 0 aliphatic carbocycles. The summed E-state index contributed by atoms with van der Waals surface area (Å²) in [6, 6.07) is 7.91. The van der Waals surface area contributed by atoms with Gasteiger partial charge in [0.2, 0.25) is 0 Å². The van der Waals surface area contributed by atoms with E-state index in [1.165, 1.54) is 4.88 Å². The molecule has 0 aliphatic rings. The van der Waals surface area contributed by atoms with Gasteiger partial charge in [-0.2, -0.15) is 4.68 Å². The fourth-order valence-corrected chi connectivity index (χ4v) is 2.50. The number of nitrogens with zero attached hydrogens (tertiary/aromatic N) is 5. The molecular weight excluding hydrogens is 260 g/mol. The summed E-state index contributed by atoms with van der Waals surface area (Å²) in [5.74, 6) is 0. The summed E-state index contributed by atoms with van der Waals surface area (Å²) in [6.07, 6.45) is 3.48. The Morgan fingerprint density at radius 3 is 2.95 bits per heavy atom. The number of tetrazole rings is 1. The van der Waals surface area contributed by atoms with Gasteiger partial charge in [0.1, 0.15) is 6.33 Å². The number of anilines is 1. The maximum Gasteiger partial charge on any atom is 0.143 e. The van der Waals surface area contributed by atoms with E-state index in [2.05, 4.69) is 25.8 Å². The van der Waals surface area contributed by atoms with Crippen LogP contribution in [-0.2, 0) is 6.54 Å². The summed E-state index contributed by atoms with van der Waals surface area (Å²) in [4.78, 5) is 5.44. The third kappa shape index (κ3) is 2.60. The van der Waals surface area contributed by atoms with Crippen LogP contribution in [0.15, 0.2) is 36.8 Å². The summed E-state index contributed by atoms with van der Waals surface area (Å²) in [6.45, 7) is 2.74. The molecule has 1 aromatic carbocycles. The normalized spacial score (nSPS) is 10.6. The van der Waals surface area contributed by atoms with Crippen molar-refractivity contribution in [1.29, 1.82) is 0 Å². The van der Waals surface area contributed by atoms with E-state index in [-0.39, 0.29) is 0 Å². The van der Waals surface area contributed by atoms with Crippen molar-refractivity contribution in [2.24, 2.45) is 0 Å². The average molecular weight is 272 g/mol. The van der Waals surface area contributed by atoms with E-state index >= 15 is 0 Å². The van der Waals surface area contributed by atoms with Crippen molar-refractivity contribution >= 4 is 17.0 Å². The van der Waals surface area contributed by atoms with Gasteiger partial charge in [0.25, 0.3) is 0 Å². The van der Waals surface area contributed by atoms with Crippen LogP contribution in [0.2, 0.25) is 0 Å². The first-order chi connectivity index (χ1) is 9.33. The molecule has 96 valence electrons. The lowest BCUT2D eigenvalue weighted by Crippen LogP contribution is -2.04. The lowest BCUT2D eigenvalue weighted by Gasteiger charge is -2.09. The second-order valence-electron chi connectivity index (χ2n) is 3.97. The molecule has 0 radical (unpaired) electrons. The number of nitrogens with one attached hydrogen (secondary N) is 1. The standard InChI is InChI=1S/C12H12N6S/c1-9-13-6-10(19-9)7-14-11-4-2-3-5-12(11)18-8-15-16-17-18/h2-6,8,14H,7H2,1H3. The summed E-state index contributed by atoms with van der Waals surface area (Å²) < 4.78 is 1.64. The third-order valence-corrected chi connectivity index (χ3v) is 3.53. The van der Waals surface area contributed by atoms with E-state index in [1.807, 2.05) is 37.4 Å². The average Bonchev–Trinajstić information content (AvgIpc) is 3.08. The molecule has 0 amide bonds. The minimum Gasteiger partial charge on any atom is -0.378 e. The van der Waals surface area contributed by atoms with E-state index < -0.39 is 0 Å². The Bertz CT molecular complexity index is 660. The highest BCUT2D eigenvalue weighted by Crippen LogP contribution is 2.20. The van der Waals surface area contributed by atoms with Gasteiger partial charge >= 0.3 is 0 Å². The summed E-state index contributed by atoms with van der Waals surface area (Å²) in [5, 5.41) is 15.7.